The Labute approximate surface area is 157 Å². The quantitative estimate of drug-likeness (QED) is 0.580. The second-order valence-corrected chi connectivity index (χ2v) is 5.86. The van der Waals surface area contributed by atoms with Crippen molar-refractivity contribution < 1.29 is 19.0 Å². The molecular formula is C18H24FN5O3. The second kappa shape index (κ2) is 10.4. The van der Waals surface area contributed by atoms with Crippen molar-refractivity contribution in [3.63, 3.8) is 0 Å². The molecule has 1 unspecified atom stereocenters. The highest BCUT2D eigenvalue weighted by Gasteiger charge is 2.20. The molecule has 2 amide bonds. The van der Waals surface area contributed by atoms with Crippen LogP contribution in [0.2, 0.25) is 0 Å². The maximum absolute atomic E-state index is 13.3. The Morgan fingerprint density at radius 1 is 1.33 bits per heavy atom. The van der Waals surface area contributed by atoms with E-state index in [2.05, 4.69) is 20.6 Å². The second-order valence-electron chi connectivity index (χ2n) is 5.86. The summed E-state index contributed by atoms with van der Waals surface area (Å²) < 4.78 is 18.4. The number of hydrogen-bond donors (Lipinski definition) is 3. The van der Waals surface area contributed by atoms with E-state index in [9.17, 15) is 9.18 Å². The van der Waals surface area contributed by atoms with Gasteiger partial charge in [0.05, 0.1) is 12.3 Å². The lowest BCUT2D eigenvalue weighted by atomic mass is 10.3. The average Bonchev–Trinajstić information content (AvgIpc) is 2.64. The van der Waals surface area contributed by atoms with Crippen molar-refractivity contribution in [1.82, 2.24) is 15.3 Å². The molecule has 8 nitrogen and oxygen atoms in total. The van der Waals surface area contributed by atoms with Crippen molar-refractivity contribution in [2.24, 2.45) is 0 Å². The summed E-state index contributed by atoms with van der Waals surface area (Å²) >= 11 is 0. The number of carbonyl (C=O) groups is 1. The fraction of sp³-hybridized carbons (Fsp3) is 0.389. The van der Waals surface area contributed by atoms with E-state index in [0.29, 0.717) is 37.0 Å². The van der Waals surface area contributed by atoms with Crippen LogP contribution in [-0.4, -0.2) is 54.0 Å². The third-order valence-corrected chi connectivity index (χ3v) is 3.56. The van der Waals surface area contributed by atoms with Crippen LogP contribution in [0, 0.1) is 5.82 Å². The number of halogens is 1. The number of urea groups is 1. The predicted octanol–water partition coefficient (Wildman–Crippen LogP) is 2.29. The molecule has 2 rings (SSSR count). The summed E-state index contributed by atoms with van der Waals surface area (Å²) in [6, 6.07) is 6.64. The highest BCUT2D eigenvalue weighted by molar-refractivity contribution is 5.98. The van der Waals surface area contributed by atoms with Gasteiger partial charge >= 0.3 is 6.03 Å². The molecule has 0 spiro atoms. The molecule has 1 aromatic heterocycles. The lowest BCUT2D eigenvalue weighted by Crippen LogP contribution is -2.38. The number of anilines is 3. The molecule has 0 aliphatic heterocycles. The molecule has 1 atom stereocenters. The summed E-state index contributed by atoms with van der Waals surface area (Å²) in [5, 5.41) is 14.7. The van der Waals surface area contributed by atoms with Gasteiger partial charge in [0.25, 0.3) is 0 Å². The fourth-order valence-electron chi connectivity index (χ4n) is 2.35. The van der Waals surface area contributed by atoms with Gasteiger partial charge in [-0.25, -0.2) is 19.1 Å². The Kier molecular flexibility index (Phi) is 7.90. The van der Waals surface area contributed by atoms with Crippen LogP contribution in [0.3, 0.4) is 0 Å². The molecule has 0 aliphatic carbocycles. The molecule has 2 aromatic rings. The lowest BCUT2D eigenvalue weighted by Gasteiger charge is -2.23. The van der Waals surface area contributed by atoms with Gasteiger partial charge in [0.15, 0.2) is 0 Å². The standard InChI is InChI=1S/C18H24FN5O3/c1-13(12-27-2)22-17-20-10-8-16(23-17)24(18(26)21-9-3-11-25)15-6-4-14(19)5-7-15/h4-8,10,13,25H,3,9,11-12H2,1-2H3,(H,21,26)(H,20,22,23). The number of hydrogen-bond acceptors (Lipinski definition) is 6. The van der Waals surface area contributed by atoms with E-state index in [4.69, 9.17) is 9.84 Å². The number of methoxy groups -OCH3 is 1. The maximum Gasteiger partial charge on any atom is 0.327 e. The van der Waals surface area contributed by atoms with Crippen molar-refractivity contribution in [2.45, 2.75) is 19.4 Å². The van der Waals surface area contributed by atoms with Gasteiger partial charge in [-0.05, 0) is 37.6 Å². The summed E-state index contributed by atoms with van der Waals surface area (Å²) in [5.74, 6) is 0.260. The first kappa shape index (κ1) is 20.5. The first-order valence-electron chi connectivity index (χ1n) is 8.58. The monoisotopic (exact) mass is 377 g/mol. The van der Waals surface area contributed by atoms with Crippen molar-refractivity contribution in [2.75, 3.05) is 37.1 Å². The normalized spacial score (nSPS) is 11.7. The SMILES string of the molecule is COCC(C)Nc1nccc(N(C(=O)NCCCO)c2ccc(F)cc2)n1. The van der Waals surface area contributed by atoms with E-state index in [1.165, 1.54) is 35.4 Å². The zero-order valence-corrected chi connectivity index (χ0v) is 15.4. The Morgan fingerprint density at radius 3 is 2.74 bits per heavy atom. The van der Waals surface area contributed by atoms with Crippen LogP contribution in [0.25, 0.3) is 0 Å². The van der Waals surface area contributed by atoms with E-state index >= 15 is 0 Å². The molecule has 0 saturated carbocycles. The van der Waals surface area contributed by atoms with Crippen LogP contribution in [0.1, 0.15) is 13.3 Å². The van der Waals surface area contributed by atoms with Gasteiger partial charge in [-0.1, -0.05) is 0 Å². The highest BCUT2D eigenvalue weighted by atomic mass is 19.1. The highest BCUT2D eigenvalue weighted by Crippen LogP contribution is 2.24. The third kappa shape index (κ3) is 6.15. The molecule has 27 heavy (non-hydrogen) atoms. The molecule has 3 N–H and O–H groups in total. The molecule has 0 fully saturated rings. The molecule has 0 aliphatic rings. The molecule has 146 valence electrons. The zero-order valence-electron chi connectivity index (χ0n) is 15.4. The number of rotatable bonds is 9. The molecule has 0 saturated heterocycles. The number of nitrogens with one attached hydrogen (secondary N) is 2. The minimum atomic E-state index is -0.440. The minimum absolute atomic E-state index is 0.0251. The van der Waals surface area contributed by atoms with Crippen LogP contribution in [0.15, 0.2) is 36.5 Å². The van der Waals surface area contributed by atoms with Gasteiger partial charge in [-0.3, -0.25) is 0 Å². The molecule has 0 radical (unpaired) electrons. The molecule has 0 bridgehead atoms. The summed E-state index contributed by atoms with van der Waals surface area (Å²) in [5.41, 5.74) is 0.451. The fourth-order valence-corrected chi connectivity index (χ4v) is 2.35. The van der Waals surface area contributed by atoms with Crippen molar-refractivity contribution >= 4 is 23.5 Å². The molecule has 1 heterocycles. The lowest BCUT2D eigenvalue weighted by molar-refractivity contribution is 0.190. The number of aliphatic hydroxyl groups is 1. The summed E-state index contributed by atoms with van der Waals surface area (Å²) in [6.45, 7) is 2.65. The zero-order chi connectivity index (χ0) is 19.6. The van der Waals surface area contributed by atoms with Crippen LogP contribution >= 0.6 is 0 Å². The first-order valence-corrected chi connectivity index (χ1v) is 8.58. The number of carbonyl (C=O) groups excluding carboxylic acids is 1. The van der Waals surface area contributed by atoms with Crippen LogP contribution in [0.5, 0.6) is 0 Å². The number of aliphatic hydroxyl groups excluding tert-OH is 1. The van der Waals surface area contributed by atoms with Gasteiger partial charge in [0.2, 0.25) is 5.95 Å². The predicted molar refractivity (Wildman–Crippen MR) is 101 cm³/mol. The Balaban J connectivity index is 2.29. The van der Waals surface area contributed by atoms with Crippen molar-refractivity contribution in [3.8, 4) is 0 Å². The summed E-state index contributed by atoms with van der Waals surface area (Å²) in [6.07, 6.45) is 1.95. The molecular weight excluding hydrogens is 353 g/mol. The van der Waals surface area contributed by atoms with Crippen LogP contribution in [0.4, 0.5) is 26.6 Å². The summed E-state index contributed by atoms with van der Waals surface area (Å²) in [4.78, 5) is 22.5. The maximum atomic E-state index is 13.3. The van der Waals surface area contributed by atoms with Crippen LogP contribution in [-0.2, 0) is 4.74 Å². The van der Waals surface area contributed by atoms with Crippen molar-refractivity contribution in [1.29, 1.82) is 0 Å². The molecule has 9 heteroatoms. The van der Waals surface area contributed by atoms with E-state index in [0.717, 1.165) is 0 Å². The van der Waals surface area contributed by atoms with Gasteiger partial charge in [0.1, 0.15) is 11.6 Å². The average molecular weight is 377 g/mol. The van der Waals surface area contributed by atoms with Gasteiger partial charge in [-0.2, -0.15) is 4.98 Å². The Hall–Kier alpha value is -2.78. The number of benzene rings is 1. The molecule has 1 aromatic carbocycles. The van der Waals surface area contributed by atoms with Crippen molar-refractivity contribution in [3.05, 3.63) is 42.3 Å². The number of nitrogens with zero attached hydrogens (tertiary/aromatic N) is 3. The number of aromatic nitrogens is 2. The smallest absolute Gasteiger partial charge is 0.327 e. The topological polar surface area (TPSA) is 99.6 Å². The van der Waals surface area contributed by atoms with E-state index < -0.39 is 11.8 Å². The Bertz CT molecular complexity index is 729. The van der Waals surface area contributed by atoms with Gasteiger partial charge in [-0.15, -0.1) is 0 Å². The van der Waals surface area contributed by atoms with Gasteiger partial charge < -0.3 is 20.5 Å². The third-order valence-electron chi connectivity index (χ3n) is 3.56. The largest absolute Gasteiger partial charge is 0.396 e. The van der Waals surface area contributed by atoms with E-state index in [-0.39, 0.29) is 12.6 Å². The Morgan fingerprint density at radius 2 is 2.07 bits per heavy atom. The summed E-state index contributed by atoms with van der Waals surface area (Å²) in [7, 11) is 1.60. The number of amides is 2. The first-order chi connectivity index (χ1) is 13.0. The van der Waals surface area contributed by atoms with Gasteiger partial charge in [0, 0.05) is 38.6 Å². The van der Waals surface area contributed by atoms with E-state index in [1.807, 2.05) is 6.92 Å². The van der Waals surface area contributed by atoms with Crippen LogP contribution < -0.4 is 15.5 Å². The minimum Gasteiger partial charge on any atom is -0.396 e. The van der Waals surface area contributed by atoms with E-state index in [1.54, 1.807) is 13.2 Å². The number of ether oxygens (including phenoxy) is 1.